The lowest BCUT2D eigenvalue weighted by Gasteiger charge is -2.32. The molecule has 4 heterocycles. The molecule has 0 aliphatic carbocycles. The van der Waals surface area contributed by atoms with Crippen LogP contribution in [0.5, 0.6) is 11.5 Å². The molecule has 0 radical (unpaired) electrons. The maximum Gasteiger partial charge on any atom is 0.129 e. The Morgan fingerprint density at radius 3 is 2.66 bits per heavy atom. The van der Waals surface area contributed by atoms with Gasteiger partial charge in [-0.05, 0) is 48.9 Å². The van der Waals surface area contributed by atoms with Crippen LogP contribution in [0.4, 0.5) is 22.1 Å². The zero-order valence-electron chi connectivity index (χ0n) is 17.8. The predicted molar refractivity (Wildman–Crippen MR) is 133 cm³/mol. The second kappa shape index (κ2) is 7.93. The summed E-state index contributed by atoms with van der Waals surface area (Å²) in [4.78, 5) is 15.2. The van der Waals surface area contributed by atoms with Crippen molar-refractivity contribution in [2.24, 2.45) is 4.99 Å². The Morgan fingerprint density at radius 1 is 1.00 bits per heavy atom. The quantitative estimate of drug-likeness (QED) is 0.446. The Kier molecular flexibility index (Phi) is 4.78. The van der Waals surface area contributed by atoms with Crippen molar-refractivity contribution in [1.29, 1.82) is 0 Å². The summed E-state index contributed by atoms with van der Waals surface area (Å²) >= 11 is 1.76. The van der Waals surface area contributed by atoms with Gasteiger partial charge in [-0.3, -0.25) is 4.90 Å². The van der Waals surface area contributed by atoms with Gasteiger partial charge in [0, 0.05) is 32.4 Å². The molecule has 2 aliphatic heterocycles. The average molecular weight is 442 g/mol. The van der Waals surface area contributed by atoms with E-state index in [1.165, 1.54) is 10.7 Å². The number of rotatable bonds is 4. The molecule has 4 aromatic rings. The highest BCUT2D eigenvalue weighted by molar-refractivity contribution is 7.23. The predicted octanol–water partition coefficient (Wildman–Crippen LogP) is 5.62. The Morgan fingerprint density at radius 2 is 1.84 bits per heavy atom. The van der Waals surface area contributed by atoms with Crippen molar-refractivity contribution in [3.8, 4) is 11.5 Å². The summed E-state index contributed by atoms with van der Waals surface area (Å²) in [5, 5.41) is 5.85. The number of hydrogen-bond donors (Lipinski definition) is 1. The van der Waals surface area contributed by atoms with E-state index in [0.29, 0.717) is 0 Å². The molecular formula is C25H23N5OS. The zero-order valence-corrected chi connectivity index (χ0v) is 18.6. The molecule has 32 heavy (non-hydrogen) atoms. The van der Waals surface area contributed by atoms with Gasteiger partial charge < -0.3 is 15.0 Å². The van der Waals surface area contributed by atoms with E-state index in [2.05, 4.69) is 39.2 Å². The lowest BCUT2D eigenvalue weighted by molar-refractivity contribution is 0.482. The maximum atomic E-state index is 6.04. The standard InChI is InChI=1S/C25H23N5OS/c1-17-15-19(31-18-5-3-2-4-6-18)7-8-21(17)30-16-28-20-9-10-27-24-22(20)23(30)25(32-24)29-13-11-26-12-14-29/h2-10,15-16,26H,11-14H2,1H3. The van der Waals surface area contributed by atoms with Crippen LogP contribution in [-0.4, -0.2) is 37.5 Å². The van der Waals surface area contributed by atoms with Crippen LogP contribution in [0, 0.1) is 6.92 Å². The van der Waals surface area contributed by atoms with Gasteiger partial charge in [-0.1, -0.05) is 29.5 Å². The number of aromatic nitrogens is 1. The molecule has 2 aromatic heterocycles. The van der Waals surface area contributed by atoms with Gasteiger partial charge in [0.2, 0.25) is 0 Å². The van der Waals surface area contributed by atoms with Crippen LogP contribution < -0.4 is 19.9 Å². The van der Waals surface area contributed by atoms with E-state index in [4.69, 9.17) is 9.73 Å². The molecule has 1 saturated heterocycles. The first-order chi connectivity index (χ1) is 15.8. The van der Waals surface area contributed by atoms with E-state index in [9.17, 15) is 0 Å². The number of aryl methyl sites for hydroxylation is 1. The van der Waals surface area contributed by atoms with Crippen molar-refractivity contribution in [2.75, 3.05) is 36.0 Å². The number of thiophene rings is 1. The molecule has 0 bridgehead atoms. The summed E-state index contributed by atoms with van der Waals surface area (Å²) in [7, 11) is 0. The van der Waals surface area contributed by atoms with Crippen LogP contribution in [0.15, 0.2) is 65.8 Å². The van der Waals surface area contributed by atoms with E-state index < -0.39 is 0 Å². The molecule has 0 spiro atoms. The van der Waals surface area contributed by atoms with E-state index in [1.54, 1.807) is 11.3 Å². The number of aliphatic imine (C=N–C) groups is 1. The summed E-state index contributed by atoms with van der Waals surface area (Å²) in [6.45, 7) is 6.08. The Labute approximate surface area is 190 Å². The highest BCUT2D eigenvalue weighted by Crippen LogP contribution is 2.51. The number of para-hydroxylation sites is 1. The largest absolute Gasteiger partial charge is 0.457 e. The molecule has 2 aliphatic rings. The van der Waals surface area contributed by atoms with E-state index in [0.717, 1.165) is 64.8 Å². The Balaban J connectivity index is 1.42. The van der Waals surface area contributed by atoms with E-state index in [-0.39, 0.29) is 0 Å². The minimum absolute atomic E-state index is 0.825. The molecule has 6 rings (SSSR count). The Hall–Kier alpha value is -3.42. The second-order valence-corrected chi connectivity index (χ2v) is 8.96. The van der Waals surface area contributed by atoms with Gasteiger partial charge in [0.1, 0.15) is 27.7 Å². The van der Waals surface area contributed by atoms with Gasteiger partial charge >= 0.3 is 0 Å². The number of benzene rings is 2. The fourth-order valence-corrected chi connectivity index (χ4v) is 5.55. The molecule has 0 unspecified atom stereocenters. The summed E-state index contributed by atoms with van der Waals surface area (Å²) < 4.78 is 6.04. The molecule has 1 fully saturated rings. The molecule has 1 N–H and O–H groups in total. The number of nitrogens with one attached hydrogen (secondary N) is 1. The van der Waals surface area contributed by atoms with Gasteiger partial charge in [-0.15, -0.1) is 0 Å². The molecular weight excluding hydrogens is 418 g/mol. The first kappa shape index (κ1) is 19.3. The second-order valence-electron chi connectivity index (χ2n) is 7.98. The number of pyridine rings is 1. The molecule has 7 heteroatoms. The third kappa shape index (κ3) is 3.30. The number of anilines is 3. The molecule has 0 amide bonds. The topological polar surface area (TPSA) is 53.0 Å². The molecule has 6 nitrogen and oxygen atoms in total. The summed E-state index contributed by atoms with van der Waals surface area (Å²) in [5.74, 6) is 1.66. The molecule has 2 aromatic carbocycles. The maximum absolute atomic E-state index is 6.04. The van der Waals surface area contributed by atoms with Crippen LogP contribution in [0.1, 0.15) is 5.56 Å². The third-order valence-corrected chi connectivity index (χ3v) is 7.04. The number of hydrogen-bond acceptors (Lipinski definition) is 7. The average Bonchev–Trinajstić information content (AvgIpc) is 3.23. The fourth-order valence-electron chi connectivity index (χ4n) is 4.34. The lowest BCUT2D eigenvalue weighted by Crippen LogP contribution is -2.43. The van der Waals surface area contributed by atoms with Crippen LogP contribution in [-0.2, 0) is 0 Å². The van der Waals surface area contributed by atoms with Crippen molar-refractivity contribution in [3.05, 3.63) is 66.4 Å². The summed E-state index contributed by atoms with van der Waals surface area (Å²) in [6, 6.07) is 18.1. The van der Waals surface area contributed by atoms with E-state index >= 15 is 0 Å². The van der Waals surface area contributed by atoms with Crippen molar-refractivity contribution >= 4 is 50.0 Å². The lowest BCUT2D eigenvalue weighted by atomic mass is 10.1. The minimum atomic E-state index is 0.825. The Bertz CT molecular complexity index is 1310. The van der Waals surface area contributed by atoms with Gasteiger partial charge in [-0.25, -0.2) is 9.98 Å². The molecule has 160 valence electrons. The van der Waals surface area contributed by atoms with Gasteiger partial charge in [0.05, 0.1) is 22.4 Å². The minimum Gasteiger partial charge on any atom is -0.457 e. The first-order valence-electron chi connectivity index (χ1n) is 10.8. The normalized spacial score (nSPS) is 15.4. The van der Waals surface area contributed by atoms with Crippen LogP contribution in [0.3, 0.4) is 0 Å². The molecule has 0 atom stereocenters. The smallest absolute Gasteiger partial charge is 0.129 e. The SMILES string of the molecule is Cc1cc(Oc2ccccc2)ccc1N1C=Nc2ccnc3sc(N4CCNCC4)c1c23. The number of ether oxygens (including phenoxy) is 1. The van der Waals surface area contributed by atoms with Crippen molar-refractivity contribution in [1.82, 2.24) is 10.3 Å². The highest BCUT2D eigenvalue weighted by Gasteiger charge is 2.29. The van der Waals surface area contributed by atoms with Gasteiger partial charge in [0.25, 0.3) is 0 Å². The summed E-state index contributed by atoms with van der Waals surface area (Å²) in [5.41, 5.74) is 4.40. The van der Waals surface area contributed by atoms with Crippen LogP contribution >= 0.6 is 11.3 Å². The van der Waals surface area contributed by atoms with Crippen molar-refractivity contribution in [3.63, 3.8) is 0 Å². The molecule has 0 saturated carbocycles. The number of piperazine rings is 1. The number of nitrogens with zero attached hydrogens (tertiary/aromatic N) is 4. The van der Waals surface area contributed by atoms with Crippen LogP contribution in [0.25, 0.3) is 10.2 Å². The van der Waals surface area contributed by atoms with Gasteiger partial charge in [0.15, 0.2) is 0 Å². The zero-order chi connectivity index (χ0) is 21.5. The van der Waals surface area contributed by atoms with Crippen LogP contribution in [0.2, 0.25) is 0 Å². The monoisotopic (exact) mass is 441 g/mol. The first-order valence-corrected chi connectivity index (χ1v) is 11.6. The van der Waals surface area contributed by atoms with Crippen molar-refractivity contribution in [2.45, 2.75) is 6.92 Å². The van der Waals surface area contributed by atoms with E-state index in [1.807, 2.05) is 55.0 Å². The summed E-state index contributed by atoms with van der Waals surface area (Å²) in [6.07, 6.45) is 3.79. The van der Waals surface area contributed by atoms with Gasteiger partial charge in [-0.2, -0.15) is 0 Å². The third-order valence-electron chi connectivity index (χ3n) is 5.89. The fraction of sp³-hybridized carbons (Fsp3) is 0.200. The highest BCUT2D eigenvalue weighted by atomic mass is 32.1. The van der Waals surface area contributed by atoms with Crippen molar-refractivity contribution < 1.29 is 4.74 Å².